The Bertz CT molecular complexity index is 955. The smallest absolute Gasteiger partial charge is 0.328 e. The minimum atomic E-state index is -0.926. The summed E-state index contributed by atoms with van der Waals surface area (Å²) in [5, 5.41) is 8.82. The molecule has 4 rings (SSSR count). The summed E-state index contributed by atoms with van der Waals surface area (Å²) in [6.07, 6.45) is 5.05. The molecule has 0 saturated carbocycles. The fraction of sp³-hybridized carbons (Fsp3) is 0.160. The van der Waals surface area contributed by atoms with Gasteiger partial charge in [-0.3, -0.25) is 0 Å². The van der Waals surface area contributed by atoms with Crippen LogP contribution in [0.2, 0.25) is 0 Å². The van der Waals surface area contributed by atoms with Gasteiger partial charge in [0.15, 0.2) is 0 Å². The molecule has 2 unspecified atom stereocenters. The lowest BCUT2D eigenvalue weighted by Crippen LogP contribution is -2.20. The maximum atomic E-state index is 10.7. The third-order valence-electron chi connectivity index (χ3n) is 5.46. The fourth-order valence-electron chi connectivity index (χ4n) is 4.21. The van der Waals surface area contributed by atoms with Crippen molar-refractivity contribution in [1.82, 2.24) is 0 Å². The Balaban J connectivity index is 1.75. The number of hydrogen-bond acceptors (Lipinski definition) is 1. The van der Waals surface area contributed by atoms with E-state index < -0.39 is 5.97 Å². The first-order valence-electron chi connectivity index (χ1n) is 9.36. The van der Waals surface area contributed by atoms with Crippen LogP contribution in [0.5, 0.6) is 0 Å². The summed E-state index contributed by atoms with van der Waals surface area (Å²) in [6.45, 7) is 0. The van der Waals surface area contributed by atoms with Crippen molar-refractivity contribution in [3.63, 3.8) is 0 Å². The Hall–Kier alpha value is -3.13. The predicted molar refractivity (Wildman–Crippen MR) is 109 cm³/mol. The molecule has 134 valence electrons. The van der Waals surface area contributed by atoms with E-state index in [0.29, 0.717) is 11.8 Å². The van der Waals surface area contributed by atoms with Crippen molar-refractivity contribution in [2.24, 2.45) is 0 Å². The summed E-state index contributed by atoms with van der Waals surface area (Å²) < 4.78 is 0. The highest BCUT2D eigenvalue weighted by Crippen LogP contribution is 2.46. The molecule has 3 aromatic rings. The Labute approximate surface area is 159 Å². The standard InChI is InChI=1S/C25H22O2/c26-24(27)17-12-18-10-13-21(14-11-18)25-22-9-5-4-8-20(22)15-16-23(25)19-6-2-1-3-7-19/h1-14,17,23,25H,15-16H2,(H,26,27)/b17-12+. The fourth-order valence-corrected chi connectivity index (χ4v) is 4.21. The van der Waals surface area contributed by atoms with E-state index in [-0.39, 0.29) is 0 Å². The van der Waals surface area contributed by atoms with E-state index in [1.807, 2.05) is 12.1 Å². The van der Waals surface area contributed by atoms with Crippen LogP contribution in [0.3, 0.4) is 0 Å². The van der Waals surface area contributed by atoms with Crippen LogP contribution in [0.1, 0.15) is 46.1 Å². The molecule has 0 heterocycles. The van der Waals surface area contributed by atoms with Crippen LogP contribution < -0.4 is 0 Å². The van der Waals surface area contributed by atoms with Crippen LogP contribution in [0.15, 0.2) is 84.9 Å². The van der Waals surface area contributed by atoms with Gasteiger partial charge in [0, 0.05) is 12.0 Å². The lowest BCUT2D eigenvalue weighted by atomic mass is 9.69. The van der Waals surface area contributed by atoms with Gasteiger partial charge in [0.25, 0.3) is 0 Å². The van der Waals surface area contributed by atoms with Gasteiger partial charge >= 0.3 is 5.97 Å². The number of carbonyl (C=O) groups is 1. The monoisotopic (exact) mass is 354 g/mol. The zero-order chi connectivity index (χ0) is 18.6. The van der Waals surface area contributed by atoms with Gasteiger partial charge in [0.2, 0.25) is 0 Å². The van der Waals surface area contributed by atoms with Crippen molar-refractivity contribution in [1.29, 1.82) is 0 Å². The van der Waals surface area contributed by atoms with Crippen LogP contribution in [0.4, 0.5) is 0 Å². The minimum Gasteiger partial charge on any atom is -0.478 e. The molecule has 2 heteroatoms. The van der Waals surface area contributed by atoms with E-state index in [0.717, 1.165) is 18.4 Å². The second-order valence-corrected chi connectivity index (χ2v) is 7.07. The highest BCUT2D eigenvalue weighted by molar-refractivity contribution is 5.85. The third kappa shape index (κ3) is 3.70. The maximum absolute atomic E-state index is 10.7. The number of hydrogen-bond donors (Lipinski definition) is 1. The first kappa shape index (κ1) is 17.3. The molecule has 2 atom stereocenters. The zero-order valence-corrected chi connectivity index (χ0v) is 15.1. The number of carboxylic acids is 1. The lowest BCUT2D eigenvalue weighted by Gasteiger charge is -2.34. The van der Waals surface area contributed by atoms with E-state index in [1.165, 1.54) is 28.3 Å². The number of benzene rings is 3. The van der Waals surface area contributed by atoms with Crippen molar-refractivity contribution < 1.29 is 9.90 Å². The molecule has 0 fully saturated rings. The highest BCUT2D eigenvalue weighted by atomic mass is 16.4. The SMILES string of the molecule is O=C(O)/C=C/c1ccc(C2c3ccccc3CCC2c2ccccc2)cc1. The van der Waals surface area contributed by atoms with Gasteiger partial charge in [-0.15, -0.1) is 0 Å². The first-order chi connectivity index (χ1) is 13.2. The molecule has 0 spiro atoms. The summed E-state index contributed by atoms with van der Waals surface area (Å²) in [5.74, 6) is -0.166. The molecule has 0 radical (unpaired) electrons. The highest BCUT2D eigenvalue weighted by Gasteiger charge is 2.31. The number of fused-ring (bicyclic) bond motifs is 1. The number of carboxylic acid groups (broad SMARTS) is 1. The van der Waals surface area contributed by atoms with Crippen molar-refractivity contribution in [3.05, 3.63) is 113 Å². The summed E-state index contributed by atoms with van der Waals surface area (Å²) in [7, 11) is 0. The van der Waals surface area contributed by atoms with Crippen molar-refractivity contribution in [2.75, 3.05) is 0 Å². The first-order valence-corrected chi connectivity index (χ1v) is 9.36. The Morgan fingerprint density at radius 1 is 0.852 bits per heavy atom. The average Bonchev–Trinajstić information content (AvgIpc) is 2.72. The molecule has 3 aromatic carbocycles. The van der Waals surface area contributed by atoms with Crippen LogP contribution in [-0.4, -0.2) is 11.1 Å². The van der Waals surface area contributed by atoms with Gasteiger partial charge < -0.3 is 5.11 Å². The Kier molecular flexibility index (Phi) is 4.88. The third-order valence-corrected chi connectivity index (χ3v) is 5.46. The minimum absolute atomic E-state index is 0.315. The van der Waals surface area contributed by atoms with Gasteiger partial charge in [0.05, 0.1) is 0 Å². The molecule has 27 heavy (non-hydrogen) atoms. The van der Waals surface area contributed by atoms with Crippen molar-refractivity contribution in [2.45, 2.75) is 24.7 Å². The van der Waals surface area contributed by atoms with Crippen LogP contribution in [0.25, 0.3) is 6.08 Å². The molecule has 0 saturated heterocycles. The Morgan fingerprint density at radius 2 is 1.56 bits per heavy atom. The van der Waals surface area contributed by atoms with E-state index in [2.05, 4.69) is 66.7 Å². The molecule has 0 bridgehead atoms. The molecule has 1 aliphatic carbocycles. The predicted octanol–water partition coefficient (Wildman–Crippen LogP) is 5.65. The molecule has 1 N–H and O–H groups in total. The molecule has 1 aliphatic rings. The summed E-state index contributed by atoms with van der Waals surface area (Å²) in [6, 6.07) is 27.8. The van der Waals surface area contributed by atoms with E-state index in [1.54, 1.807) is 6.08 Å². The summed E-state index contributed by atoms with van der Waals surface area (Å²) in [4.78, 5) is 10.7. The number of aryl methyl sites for hydroxylation is 1. The quantitative estimate of drug-likeness (QED) is 0.615. The molecular weight excluding hydrogens is 332 g/mol. The van der Waals surface area contributed by atoms with Crippen molar-refractivity contribution >= 4 is 12.0 Å². The molecule has 2 nitrogen and oxygen atoms in total. The molecule has 0 amide bonds. The van der Waals surface area contributed by atoms with E-state index in [4.69, 9.17) is 5.11 Å². The largest absolute Gasteiger partial charge is 0.478 e. The molecule has 0 aromatic heterocycles. The molecular formula is C25H22O2. The van der Waals surface area contributed by atoms with Gasteiger partial charge in [-0.1, -0.05) is 78.9 Å². The second-order valence-electron chi connectivity index (χ2n) is 7.07. The van der Waals surface area contributed by atoms with E-state index in [9.17, 15) is 4.79 Å². The van der Waals surface area contributed by atoms with Gasteiger partial charge in [-0.25, -0.2) is 4.79 Å². The average molecular weight is 354 g/mol. The van der Waals surface area contributed by atoms with Crippen LogP contribution in [-0.2, 0) is 11.2 Å². The second kappa shape index (κ2) is 7.63. The maximum Gasteiger partial charge on any atom is 0.328 e. The number of rotatable bonds is 4. The normalized spacial score (nSPS) is 19.0. The topological polar surface area (TPSA) is 37.3 Å². The lowest BCUT2D eigenvalue weighted by molar-refractivity contribution is -0.131. The zero-order valence-electron chi connectivity index (χ0n) is 15.1. The summed E-state index contributed by atoms with van der Waals surface area (Å²) >= 11 is 0. The van der Waals surface area contributed by atoms with Gasteiger partial charge in [0.1, 0.15) is 0 Å². The van der Waals surface area contributed by atoms with E-state index >= 15 is 0 Å². The number of aliphatic carboxylic acids is 1. The van der Waals surface area contributed by atoms with Gasteiger partial charge in [-0.2, -0.15) is 0 Å². The van der Waals surface area contributed by atoms with Crippen LogP contribution in [0, 0.1) is 0 Å². The van der Waals surface area contributed by atoms with Gasteiger partial charge in [-0.05, 0) is 52.7 Å². The van der Waals surface area contributed by atoms with Crippen LogP contribution >= 0.6 is 0 Å². The molecule has 0 aliphatic heterocycles. The summed E-state index contributed by atoms with van der Waals surface area (Å²) in [5.41, 5.74) is 6.41. The van der Waals surface area contributed by atoms with Crippen molar-refractivity contribution in [3.8, 4) is 0 Å². The Morgan fingerprint density at radius 3 is 2.30 bits per heavy atom.